The quantitative estimate of drug-likeness (QED) is 0.692. The highest BCUT2D eigenvalue weighted by molar-refractivity contribution is 7.19. The molecule has 0 fully saturated rings. The Morgan fingerprint density at radius 1 is 1.22 bits per heavy atom. The number of anilines is 1. The van der Waals surface area contributed by atoms with Crippen LogP contribution >= 0.6 is 22.9 Å². The number of nitrogen functional groups attached to an aromatic ring is 1. The summed E-state index contributed by atoms with van der Waals surface area (Å²) in [6.45, 7) is 2.01. The summed E-state index contributed by atoms with van der Waals surface area (Å²) in [6.07, 6.45) is 3.09. The maximum Gasteiger partial charge on any atom is 0.223 e. The van der Waals surface area contributed by atoms with E-state index in [-0.39, 0.29) is 5.28 Å². The van der Waals surface area contributed by atoms with E-state index >= 15 is 0 Å². The van der Waals surface area contributed by atoms with E-state index in [2.05, 4.69) is 19.9 Å². The third kappa shape index (κ3) is 1.89. The second-order valence-corrected chi connectivity index (χ2v) is 5.35. The smallest absolute Gasteiger partial charge is 0.223 e. The summed E-state index contributed by atoms with van der Waals surface area (Å²) in [5, 5.41) is 0.190. The molecule has 0 aliphatic rings. The number of fused-ring (bicyclic) bond motifs is 1. The molecule has 0 radical (unpaired) electrons. The van der Waals surface area contributed by atoms with Gasteiger partial charge in [0.1, 0.15) is 5.69 Å². The van der Waals surface area contributed by atoms with Crippen molar-refractivity contribution in [2.75, 3.05) is 5.73 Å². The molecule has 3 heterocycles. The van der Waals surface area contributed by atoms with Gasteiger partial charge < -0.3 is 5.73 Å². The van der Waals surface area contributed by atoms with Crippen LogP contribution in [0.1, 0.15) is 4.88 Å². The summed E-state index contributed by atoms with van der Waals surface area (Å²) >= 11 is 7.51. The summed E-state index contributed by atoms with van der Waals surface area (Å²) in [5.41, 5.74) is 7.54. The van der Waals surface area contributed by atoms with Crippen LogP contribution in [0.2, 0.25) is 5.28 Å². The highest BCUT2D eigenvalue weighted by Crippen LogP contribution is 2.31. The molecule has 0 aliphatic heterocycles. The lowest BCUT2D eigenvalue weighted by atomic mass is 10.3. The van der Waals surface area contributed by atoms with Crippen LogP contribution in [-0.2, 0) is 0 Å². The zero-order chi connectivity index (χ0) is 12.7. The third-order valence-corrected chi connectivity index (χ3v) is 3.57. The molecule has 0 aromatic carbocycles. The normalized spacial score (nSPS) is 11.0. The van der Waals surface area contributed by atoms with Crippen molar-refractivity contribution in [2.24, 2.45) is 0 Å². The SMILES string of the molecule is Cc1cc2nc(Cl)nc(-c3ncc(N)cn3)c2s1. The lowest BCUT2D eigenvalue weighted by Crippen LogP contribution is -1.95. The average Bonchev–Trinajstić information content (AvgIpc) is 2.69. The molecular formula is C11H8ClN5S. The minimum absolute atomic E-state index is 0.190. The van der Waals surface area contributed by atoms with Crippen molar-refractivity contribution in [3.05, 3.63) is 28.6 Å². The van der Waals surface area contributed by atoms with Gasteiger partial charge in [-0.25, -0.2) is 19.9 Å². The summed E-state index contributed by atoms with van der Waals surface area (Å²) in [5.74, 6) is 0.500. The van der Waals surface area contributed by atoms with Crippen LogP contribution in [0.25, 0.3) is 21.7 Å². The first-order valence-corrected chi connectivity index (χ1v) is 6.34. The lowest BCUT2D eigenvalue weighted by molar-refractivity contribution is 1.13. The van der Waals surface area contributed by atoms with Crippen LogP contribution in [0.15, 0.2) is 18.5 Å². The Balaban J connectivity index is 2.30. The zero-order valence-corrected chi connectivity index (χ0v) is 11.0. The molecule has 0 saturated heterocycles. The Bertz CT molecular complexity index is 722. The van der Waals surface area contributed by atoms with Gasteiger partial charge in [-0.15, -0.1) is 11.3 Å². The van der Waals surface area contributed by atoms with Crippen molar-refractivity contribution in [1.29, 1.82) is 0 Å². The minimum Gasteiger partial charge on any atom is -0.396 e. The third-order valence-electron chi connectivity index (χ3n) is 2.35. The molecule has 0 unspecified atom stereocenters. The predicted molar refractivity (Wildman–Crippen MR) is 72.6 cm³/mol. The predicted octanol–water partition coefficient (Wildman–Crippen LogP) is 2.69. The van der Waals surface area contributed by atoms with Crippen LogP contribution in [-0.4, -0.2) is 19.9 Å². The van der Waals surface area contributed by atoms with E-state index in [1.807, 2.05) is 13.0 Å². The van der Waals surface area contributed by atoms with Crippen LogP contribution in [0, 0.1) is 6.92 Å². The maximum atomic E-state index is 5.92. The van der Waals surface area contributed by atoms with Crippen LogP contribution in [0.4, 0.5) is 5.69 Å². The number of aromatic nitrogens is 4. The average molecular weight is 278 g/mol. The first-order valence-electron chi connectivity index (χ1n) is 5.15. The van der Waals surface area contributed by atoms with Gasteiger partial charge in [-0.05, 0) is 24.6 Å². The largest absolute Gasteiger partial charge is 0.396 e. The molecule has 0 saturated carbocycles. The van der Waals surface area contributed by atoms with Crippen molar-refractivity contribution >= 4 is 38.8 Å². The number of hydrogen-bond acceptors (Lipinski definition) is 6. The molecule has 0 atom stereocenters. The van der Waals surface area contributed by atoms with E-state index in [1.165, 1.54) is 0 Å². The van der Waals surface area contributed by atoms with Crippen LogP contribution in [0.5, 0.6) is 0 Å². The first kappa shape index (κ1) is 11.3. The molecule has 0 amide bonds. The minimum atomic E-state index is 0.190. The van der Waals surface area contributed by atoms with Crippen LogP contribution < -0.4 is 5.73 Å². The number of hydrogen-bond donors (Lipinski definition) is 1. The zero-order valence-electron chi connectivity index (χ0n) is 9.38. The Morgan fingerprint density at radius 2 is 1.94 bits per heavy atom. The molecule has 0 bridgehead atoms. The first-order chi connectivity index (χ1) is 8.63. The molecule has 5 nitrogen and oxygen atoms in total. The maximum absolute atomic E-state index is 5.92. The Morgan fingerprint density at radius 3 is 2.67 bits per heavy atom. The standard InChI is InChI=1S/C11H8ClN5S/c1-5-2-7-9(18-5)8(17-11(12)16-7)10-14-3-6(13)4-15-10/h2-4H,13H2,1H3. The van der Waals surface area contributed by atoms with E-state index in [0.717, 1.165) is 15.1 Å². The molecule has 7 heteroatoms. The molecule has 0 spiro atoms. The fourth-order valence-corrected chi connectivity index (χ4v) is 2.74. The fourth-order valence-electron chi connectivity index (χ4n) is 1.63. The van der Waals surface area contributed by atoms with Crippen molar-refractivity contribution in [1.82, 2.24) is 19.9 Å². The van der Waals surface area contributed by atoms with Gasteiger partial charge in [-0.2, -0.15) is 0 Å². The molecule has 18 heavy (non-hydrogen) atoms. The van der Waals surface area contributed by atoms with Crippen molar-refractivity contribution in [2.45, 2.75) is 6.92 Å². The molecule has 3 aromatic heterocycles. The van der Waals surface area contributed by atoms with E-state index in [1.54, 1.807) is 23.7 Å². The number of nitrogens with two attached hydrogens (primary N) is 1. The lowest BCUT2D eigenvalue weighted by Gasteiger charge is -2.01. The van der Waals surface area contributed by atoms with Gasteiger partial charge in [0.15, 0.2) is 5.82 Å². The molecule has 2 N–H and O–H groups in total. The number of aryl methyl sites for hydroxylation is 1. The van der Waals surface area contributed by atoms with Gasteiger partial charge in [0.2, 0.25) is 5.28 Å². The monoisotopic (exact) mass is 277 g/mol. The number of nitrogens with zero attached hydrogens (tertiary/aromatic N) is 4. The molecular weight excluding hydrogens is 270 g/mol. The molecule has 3 aromatic rings. The summed E-state index contributed by atoms with van der Waals surface area (Å²) in [6, 6.07) is 1.97. The van der Waals surface area contributed by atoms with Crippen LogP contribution in [0.3, 0.4) is 0 Å². The number of rotatable bonds is 1. The molecule has 3 rings (SSSR count). The van der Waals surface area contributed by atoms with Gasteiger partial charge >= 0.3 is 0 Å². The molecule has 0 aliphatic carbocycles. The van der Waals surface area contributed by atoms with Gasteiger partial charge in [-0.3, -0.25) is 0 Å². The Kier molecular flexibility index (Phi) is 2.61. The van der Waals surface area contributed by atoms with Gasteiger partial charge in [0, 0.05) is 4.88 Å². The van der Waals surface area contributed by atoms with E-state index in [4.69, 9.17) is 17.3 Å². The van der Waals surface area contributed by atoms with Gasteiger partial charge in [0.05, 0.1) is 28.3 Å². The van der Waals surface area contributed by atoms with Crippen molar-refractivity contribution in [3.63, 3.8) is 0 Å². The molecule has 90 valence electrons. The second-order valence-electron chi connectivity index (χ2n) is 3.75. The van der Waals surface area contributed by atoms with Gasteiger partial charge in [0.25, 0.3) is 0 Å². The summed E-state index contributed by atoms with van der Waals surface area (Å²) < 4.78 is 0.932. The van der Waals surface area contributed by atoms with Gasteiger partial charge in [-0.1, -0.05) is 0 Å². The number of halogens is 1. The Labute approximate surface area is 112 Å². The van der Waals surface area contributed by atoms with Crippen molar-refractivity contribution < 1.29 is 0 Å². The second kappa shape index (κ2) is 4.15. The van der Waals surface area contributed by atoms with E-state index in [9.17, 15) is 0 Å². The fraction of sp³-hybridized carbons (Fsp3) is 0.0909. The summed E-state index contributed by atoms with van der Waals surface area (Å²) in [4.78, 5) is 17.9. The number of thiophene rings is 1. The topological polar surface area (TPSA) is 77.6 Å². The van der Waals surface area contributed by atoms with E-state index < -0.39 is 0 Å². The summed E-state index contributed by atoms with van der Waals surface area (Å²) in [7, 11) is 0. The highest BCUT2D eigenvalue weighted by atomic mass is 35.5. The van der Waals surface area contributed by atoms with Crippen molar-refractivity contribution in [3.8, 4) is 11.5 Å². The van der Waals surface area contributed by atoms with E-state index in [0.29, 0.717) is 17.2 Å². The highest BCUT2D eigenvalue weighted by Gasteiger charge is 2.13. The Hall–Kier alpha value is -1.79.